The fourth-order valence-corrected chi connectivity index (χ4v) is 1.91. The maximum absolute atomic E-state index is 12.7. The average Bonchev–Trinajstić information content (AvgIpc) is 2.57. The van der Waals surface area contributed by atoms with Crippen LogP contribution in [0.1, 0.15) is 6.42 Å². The van der Waals surface area contributed by atoms with Gasteiger partial charge in [0.25, 0.3) is 0 Å². The zero-order valence-corrected chi connectivity index (χ0v) is 13.6. The molecule has 26 heavy (non-hydrogen) atoms. The number of guanidine groups is 1. The van der Waals surface area contributed by atoms with Gasteiger partial charge in [-0.3, -0.25) is 4.99 Å². The summed E-state index contributed by atoms with van der Waals surface area (Å²) in [5, 5.41) is 2.76. The highest BCUT2D eigenvalue weighted by Gasteiger charge is 2.30. The molecule has 0 aliphatic rings. The molecule has 140 valence electrons. The van der Waals surface area contributed by atoms with Crippen molar-refractivity contribution >= 4 is 11.6 Å². The van der Waals surface area contributed by atoms with E-state index in [9.17, 15) is 17.6 Å². The third kappa shape index (κ3) is 7.29. The third-order valence-corrected chi connectivity index (χ3v) is 3.03. The zero-order chi connectivity index (χ0) is 19.0. The fourth-order valence-electron chi connectivity index (χ4n) is 1.91. The van der Waals surface area contributed by atoms with Crippen LogP contribution in [0.4, 0.5) is 23.2 Å². The Bertz CT molecular complexity index is 716. The molecule has 0 saturated carbocycles. The van der Waals surface area contributed by atoms with E-state index in [4.69, 9.17) is 10.5 Å². The number of ether oxygens (including phenoxy) is 2. The van der Waals surface area contributed by atoms with E-state index in [0.29, 0.717) is 31.0 Å². The van der Waals surface area contributed by atoms with Gasteiger partial charge in [0.1, 0.15) is 17.3 Å². The number of hydrogen-bond acceptors (Lipinski definition) is 3. The first-order valence-electron chi connectivity index (χ1n) is 7.63. The number of nitrogens with one attached hydrogen (secondary N) is 1. The second kappa shape index (κ2) is 8.93. The van der Waals surface area contributed by atoms with Crippen molar-refractivity contribution in [3.8, 4) is 11.5 Å². The maximum Gasteiger partial charge on any atom is 0.573 e. The minimum Gasteiger partial charge on any atom is -0.494 e. The Morgan fingerprint density at radius 1 is 1.00 bits per heavy atom. The minimum atomic E-state index is -4.73. The predicted molar refractivity (Wildman–Crippen MR) is 89.7 cm³/mol. The Morgan fingerprint density at radius 2 is 1.62 bits per heavy atom. The summed E-state index contributed by atoms with van der Waals surface area (Å²) in [7, 11) is 0. The Kier molecular flexibility index (Phi) is 6.65. The molecule has 0 atom stereocenters. The van der Waals surface area contributed by atoms with E-state index >= 15 is 0 Å². The van der Waals surface area contributed by atoms with E-state index in [-0.39, 0.29) is 17.5 Å². The second-order valence-electron chi connectivity index (χ2n) is 5.12. The molecule has 2 rings (SSSR count). The first kappa shape index (κ1) is 19.4. The van der Waals surface area contributed by atoms with Crippen molar-refractivity contribution in [2.24, 2.45) is 10.7 Å². The largest absolute Gasteiger partial charge is 0.573 e. The van der Waals surface area contributed by atoms with Crippen molar-refractivity contribution in [2.45, 2.75) is 12.8 Å². The van der Waals surface area contributed by atoms with Gasteiger partial charge in [0.2, 0.25) is 0 Å². The smallest absolute Gasteiger partial charge is 0.494 e. The van der Waals surface area contributed by atoms with Gasteiger partial charge < -0.3 is 20.5 Å². The Balaban J connectivity index is 1.71. The van der Waals surface area contributed by atoms with E-state index in [2.05, 4.69) is 15.0 Å². The number of anilines is 1. The fraction of sp³-hybridized carbons (Fsp3) is 0.235. The third-order valence-electron chi connectivity index (χ3n) is 3.03. The number of alkyl halides is 3. The molecule has 2 aromatic carbocycles. The van der Waals surface area contributed by atoms with Crippen LogP contribution < -0.4 is 20.5 Å². The number of aliphatic imine (C=N–C) groups is 1. The molecule has 0 bridgehead atoms. The van der Waals surface area contributed by atoms with E-state index in [0.717, 1.165) is 0 Å². The summed E-state index contributed by atoms with van der Waals surface area (Å²) >= 11 is 0. The average molecular weight is 371 g/mol. The number of halogens is 4. The standard InChI is InChI=1S/C17H17F4N3O2/c18-12-2-6-14(7-3-12)25-11-1-10-23-16(22)24-13-4-8-15(9-5-13)26-17(19,20)21/h2-9H,1,10-11H2,(H3,22,23,24). The van der Waals surface area contributed by atoms with Crippen LogP contribution in [0.5, 0.6) is 11.5 Å². The summed E-state index contributed by atoms with van der Waals surface area (Å²) in [6.07, 6.45) is -4.15. The summed E-state index contributed by atoms with van der Waals surface area (Å²) < 4.78 is 58.2. The van der Waals surface area contributed by atoms with Gasteiger partial charge in [0.05, 0.1) is 6.61 Å². The Hall–Kier alpha value is -2.97. The van der Waals surface area contributed by atoms with Crippen LogP contribution >= 0.6 is 0 Å². The lowest BCUT2D eigenvalue weighted by atomic mass is 10.3. The van der Waals surface area contributed by atoms with Crippen LogP contribution in [-0.4, -0.2) is 25.5 Å². The molecule has 2 aromatic rings. The molecule has 5 nitrogen and oxygen atoms in total. The SMILES string of the molecule is NC(=NCCCOc1ccc(F)cc1)Nc1ccc(OC(F)(F)F)cc1. The molecule has 0 heterocycles. The molecule has 0 unspecified atom stereocenters. The normalized spacial score (nSPS) is 11.9. The van der Waals surface area contributed by atoms with Crippen LogP contribution in [0.3, 0.4) is 0 Å². The molecule has 0 aliphatic heterocycles. The van der Waals surface area contributed by atoms with Gasteiger partial charge in [-0.2, -0.15) is 0 Å². The first-order chi connectivity index (χ1) is 12.3. The number of nitrogens with zero attached hydrogens (tertiary/aromatic N) is 1. The highest BCUT2D eigenvalue weighted by atomic mass is 19.4. The topological polar surface area (TPSA) is 68.9 Å². The molecule has 0 amide bonds. The van der Waals surface area contributed by atoms with E-state index in [1.165, 1.54) is 48.5 Å². The van der Waals surface area contributed by atoms with Crippen LogP contribution in [0.25, 0.3) is 0 Å². The molecular weight excluding hydrogens is 354 g/mol. The van der Waals surface area contributed by atoms with Gasteiger partial charge in [0.15, 0.2) is 5.96 Å². The summed E-state index contributed by atoms with van der Waals surface area (Å²) in [6, 6.07) is 10.8. The Labute approximate surface area is 147 Å². The minimum absolute atomic E-state index is 0.122. The van der Waals surface area contributed by atoms with Gasteiger partial charge in [0, 0.05) is 18.7 Å². The van der Waals surface area contributed by atoms with Crippen LogP contribution in [0.15, 0.2) is 53.5 Å². The van der Waals surface area contributed by atoms with Crippen LogP contribution in [-0.2, 0) is 0 Å². The van der Waals surface area contributed by atoms with Gasteiger partial charge in [-0.15, -0.1) is 13.2 Å². The molecule has 0 aromatic heterocycles. The zero-order valence-electron chi connectivity index (χ0n) is 13.6. The highest BCUT2D eigenvalue weighted by molar-refractivity contribution is 5.92. The molecule has 0 aliphatic carbocycles. The highest BCUT2D eigenvalue weighted by Crippen LogP contribution is 2.23. The van der Waals surface area contributed by atoms with E-state index in [1.54, 1.807) is 0 Å². The number of nitrogens with two attached hydrogens (primary N) is 1. The Morgan fingerprint density at radius 3 is 2.23 bits per heavy atom. The van der Waals surface area contributed by atoms with Gasteiger partial charge in [-0.1, -0.05) is 0 Å². The van der Waals surface area contributed by atoms with Crippen LogP contribution in [0.2, 0.25) is 0 Å². The lowest BCUT2D eigenvalue weighted by molar-refractivity contribution is -0.274. The lowest BCUT2D eigenvalue weighted by Crippen LogP contribution is -2.23. The molecule has 0 fully saturated rings. The summed E-state index contributed by atoms with van der Waals surface area (Å²) in [4.78, 5) is 4.08. The van der Waals surface area contributed by atoms with E-state index < -0.39 is 6.36 Å². The van der Waals surface area contributed by atoms with E-state index in [1.807, 2.05) is 0 Å². The van der Waals surface area contributed by atoms with Crippen molar-refractivity contribution in [1.82, 2.24) is 0 Å². The lowest BCUT2D eigenvalue weighted by Gasteiger charge is -2.10. The number of hydrogen-bond donors (Lipinski definition) is 2. The molecule has 0 spiro atoms. The van der Waals surface area contributed by atoms with Crippen molar-refractivity contribution < 1.29 is 27.0 Å². The number of benzene rings is 2. The van der Waals surface area contributed by atoms with Crippen molar-refractivity contribution in [2.75, 3.05) is 18.5 Å². The first-order valence-corrected chi connectivity index (χ1v) is 7.63. The summed E-state index contributed by atoms with van der Waals surface area (Å²) in [5.41, 5.74) is 6.18. The molecular formula is C17H17F4N3O2. The predicted octanol–water partition coefficient (Wildman–Crippen LogP) is 3.92. The maximum atomic E-state index is 12.7. The summed E-state index contributed by atoms with van der Waals surface area (Å²) in [6.45, 7) is 0.765. The number of rotatable bonds is 7. The van der Waals surface area contributed by atoms with Gasteiger partial charge in [-0.05, 0) is 48.5 Å². The monoisotopic (exact) mass is 371 g/mol. The van der Waals surface area contributed by atoms with Crippen molar-refractivity contribution in [3.05, 3.63) is 54.3 Å². The second-order valence-corrected chi connectivity index (χ2v) is 5.12. The van der Waals surface area contributed by atoms with Gasteiger partial charge in [-0.25, -0.2) is 4.39 Å². The summed E-state index contributed by atoms with van der Waals surface area (Å²) in [5.74, 6) is 0.0224. The quantitative estimate of drug-likeness (QED) is 0.335. The molecule has 3 N–H and O–H groups in total. The van der Waals surface area contributed by atoms with Gasteiger partial charge >= 0.3 is 6.36 Å². The molecule has 0 saturated heterocycles. The van der Waals surface area contributed by atoms with Crippen molar-refractivity contribution in [1.29, 1.82) is 0 Å². The van der Waals surface area contributed by atoms with Crippen LogP contribution in [0, 0.1) is 5.82 Å². The van der Waals surface area contributed by atoms with Crippen molar-refractivity contribution in [3.63, 3.8) is 0 Å². The molecule has 9 heteroatoms. The molecule has 0 radical (unpaired) electrons.